The Morgan fingerprint density at radius 3 is 2.68 bits per heavy atom. The molecule has 0 unspecified atom stereocenters. The van der Waals surface area contributed by atoms with Crippen LogP contribution in [0.1, 0.15) is 18.4 Å². The zero-order valence-corrected chi connectivity index (χ0v) is 16.1. The van der Waals surface area contributed by atoms with Crippen LogP contribution < -0.4 is 15.8 Å². The quantitative estimate of drug-likeness (QED) is 0.403. The van der Waals surface area contributed by atoms with Crippen LogP contribution in [0.15, 0.2) is 47.5 Å². The number of aliphatic imine (C=N–C) groups is 1. The van der Waals surface area contributed by atoms with Crippen LogP contribution >= 0.6 is 24.0 Å². The lowest BCUT2D eigenvalue weighted by Gasteiger charge is -2.15. The first-order valence-electron chi connectivity index (χ1n) is 7.69. The summed E-state index contributed by atoms with van der Waals surface area (Å²) in [5, 5.41) is 2.61. The maximum absolute atomic E-state index is 13.6. The predicted molar refractivity (Wildman–Crippen MR) is 106 cm³/mol. The summed E-state index contributed by atoms with van der Waals surface area (Å²) in [5.41, 5.74) is 6.89. The number of hydrogen-bond acceptors (Lipinski definition) is 2. The summed E-state index contributed by atoms with van der Waals surface area (Å²) in [7, 11) is 1.63. The minimum Gasteiger partial charge on any atom is -0.497 e. The van der Waals surface area contributed by atoms with E-state index in [0.29, 0.717) is 6.54 Å². The number of anilines is 1. The molecule has 1 aliphatic rings. The SMILES string of the molecule is COc1cccc(C2(CN=C(N)Nc3cc(F)ccc3F)CC2)c1.I. The van der Waals surface area contributed by atoms with E-state index in [4.69, 9.17) is 10.5 Å². The first kappa shape index (κ1) is 19.4. The second-order valence-electron chi connectivity index (χ2n) is 5.96. The number of hydrogen-bond donors (Lipinski definition) is 2. The summed E-state index contributed by atoms with van der Waals surface area (Å²) < 4.78 is 32.0. The van der Waals surface area contributed by atoms with Gasteiger partial charge in [0.2, 0.25) is 0 Å². The minimum atomic E-state index is -0.580. The first-order valence-corrected chi connectivity index (χ1v) is 7.69. The molecule has 4 nitrogen and oxygen atoms in total. The van der Waals surface area contributed by atoms with Crippen molar-refractivity contribution in [2.75, 3.05) is 19.0 Å². The molecule has 3 N–H and O–H groups in total. The van der Waals surface area contributed by atoms with Crippen LogP contribution in [0.5, 0.6) is 5.75 Å². The van der Waals surface area contributed by atoms with E-state index in [1.165, 1.54) is 0 Å². The topological polar surface area (TPSA) is 59.6 Å². The van der Waals surface area contributed by atoms with Gasteiger partial charge in [0.15, 0.2) is 5.96 Å². The van der Waals surface area contributed by atoms with Crippen molar-refractivity contribution in [1.29, 1.82) is 0 Å². The third kappa shape index (κ3) is 4.59. The van der Waals surface area contributed by atoms with E-state index in [0.717, 1.165) is 42.4 Å². The Bertz CT molecular complexity index is 779. The van der Waals surface area contributed by atoms with Crippen molar-refractivity contribution in [2.24, 2.45) is 10.7 Å². The number of halogens is 3. The molecule has 0 aliphatic heterocycles. The smallest absolute Gasteiger partial charge is 0.193 e. The van der Waals surface area contributed by atoms with Gasteiger partial charge >= 0.3 is 0 Å². The third-order valence-corrected chi connectivity index (χ3v) is 4.28. The Labute approximate surface area is 162 Å². The number of nitrogens with zero attached hydrogens (tertiary/aromatic N) is 1. The molecule has 0 saturated heterocycles. The molecule has 1 fully saturated rings. The second-order valence-corrected chi connectivity index (χ2v) is 5.96. The fourth-order valence-corrected chi connectivity index (χ4v) is 2.65. The number of nitrogens with two attached hydrogens (primary N) is 1. The highest BCUT2D eigenvalue weighted by molar-refractivity contribution is 14.0. The Kier molecular flexibility index (Phi) is 6.21. The Morgan fingerprint density at radius 2 is 2.00 bits per heavy atom. The Balaban J connectivity index is 0.00000225. The zero-order chi connectivity index (χ0) is 17.2. The lowest BCUT2D eigenvalue weighted by atomic mass is 9.96. The van der Waals surface area contributed by atoms with E-state index in [-0.39, 0.29) is 41.0 Å². The molecule has 0 amide bonds. The van der Waals surface area contributed by atoms with Gasteiger partial charge in [0.1, 0.15) is 17.4 Å². The molecule has 0 radical (unpaired) electrons. The second kappa shape index (κ2) is 7.99. The largest absolute Gasteiger partial charge is 0.497 e. The highest BCUT2D eigenvalue weighted by Crippen LogP contribution is 2.49. The number of benzene rings is 2. The number of nitrogens with one attached hydrogen (secondary N) is 1. The molecule has 0 aromatic heterocycles. The fraction of sp³-hybridized carbons (Fsp3) is 0.278. The van der Waals surface area contributed by atoms with Gasteiger partial charge < -0.3 is 15.8 Å². The highest BCUT2D eigenvalue weighted by Gasteiger charge is 2.44. The van der Waals surface area contributed by atoms with Gasteiger partial charge in [0.25, 0.3) is 0 Å². The molecular weight excluding hydrogens is 439 g/mol. The summed E-state index contributed by atoms with van der Waals surface area (Å²) in [6.07, 6.45) is 2.01. The maximum Gasteiger partial charge on any atom is 0.193 e. The molecule has 0 heterocycles. The van der Waals surface area contributed by atoms with Gasteiger partial charge in [0, 0.05) is 11.5 Å². The summed E-state index contributed by atoms with van der Waals surface area (Å²) in [5.74, 6) is -0.255. The van der Waals surface area contributed by atoms with Crippen molar-refractivity contribution in [2.45, 2.75) is 18.3 Å². The number of ether oxygens (including phenoxy) is 1. The van der Waals surface area contributed by atoms with Crippen LogP contribution in [0.25, 0.3) is 0 Å². The van der Waals surface area contributed by atoms with E-state index in [1.807, 2.05) is 24.3 Å². The van der Waals surface area contributed by atoms with Crippen LogP contribution in [0.4, 0.5) is 14.5 Å². The van der Waals surface area contributed by atoms with Gasteiger partial charge in [-0.15, -0.1) is 24.0 Å². The highest BCUT2D eigenvalue weighted by atomic mass is 127. The molecule has 3 rings (SSSR count). The molecule has 0 atom stereocenters. The molecule has 1 saturated carbocycles. The number of methoxy groups -OCH3 is 1. The summed E-state index contributed by atoms with van der Waals surface area (Å²) in [6, 6.07) is 11.0. The molecule has 25 heavy (non-hydrogen) atoms. The van der Waals surface area contributed by atoms with E-state index < -0.39 is 11.6 Å². The molecule has 1 aliphatic carbocycles. The van der Waals surface area contributed by atoms with Gasteiger partial charge in [-0.25, -0.2) is 8.78 Å². The van der Waals surface area contributed by atoms with Crippen LogP contribution in [0, 0.1) is 11.6 Å². The molecule has 0 bridgehead atoms. The lowest BCUT2D eigenvalue weighted by molar-refractivity contribution is 0.413. The lowest BCUT2D eigenvalue weighted by Crippen LogP contribution is -2.25. The van der Waals surface area contributed by atoms with Crippen LogP contribution in [-0.2, 0) is 5.41 Å². The van der Waals surface area contributed by atoms with Gasteiger partial charge in [0.05, 0.1) is 19.3 Å². The Morgan fingerprint density at radius 1 is 1.24 bits per heavy atom. The van der Waals surface area contributed by atoms with Crippen molar-refractivity contribution < 1.29 is 13.5 Å². The first-order chi connectivity index (χ1) is 11.5. The van der Waals surface area contributed by atoms with Crippen molar-refractivity contribution in [3.05, 3.63) is 59.7 Å². The number of rotatable bonds is 5. The maximum atomic E-state index is 13.6. The standard InChI is InChI=1S/C18H19F2N3O.HI/c1-24-14-4-2-3-12(9-14)18(7-8-18)11-22-17(21)23-16-10-13(19)5-6-15(16)20;/h2-6,9-10H,7-8,11H2,1H3,(H3,21,22,23);1H. The summed E-state index contributed by atoms with van der Waals surface area (Å²) in [6.45, 7) is 0.482. The van der Waals surface area contributed by atoms with E-state index in [9.17, 15) is 8.78 Å². The minimum absolute atomic E-state index is 0. The van der Waals surface area contributed by atoms with E-state index in [2.05, 4.69) is 10.3 Å². The number of guanidine groups is 1. The van der Waals surface area contributed by atoms with Crippen molar-refractivity contribution in [3.63, 3.8) is 0 Å². The normalized spacial score (nSPS) is 15.2. The fourth-order valence-electron chi connectivity index (χ4n) is 2.65. The molecule has 7 heteroatoms. The molecule has 0 spiro atoms. The van der Waals surface area contributed by atoms with Crippen molar-refractivity contribution in [1.82, 2.24) is 0 Å². The summed E-state index contributed by atoms with van der Waals surface area (Å²) >= 11 is 0. The summed E-state index contributed by atoms with van der Waals surface area (Å²) in [4.78, 5) is 4.31. The van der Waals surface area contributed by atoms with Gasteiger partial charge in [-0.1, -0.05) is 12.1 Å². The van der Waals surface area contributed by atoms with E-state index in [1.54, 1.807) is 7.11 Å². The third-order valence-electron chi connectivity index (χ3n) is 4.28. The average molecular weight is 459 g/mol. The van der Waals surface area contributed by atoms with Crippen LogP contribution in [0.3, 0.4) is 0 Å². The molecule has 134 valence electrons. The van der Waals surface area contributed by atoms with Gasteiger partial charge in [-0.2, -0.15) is 0 Å². The molecule has 2 aromatic rings. The van der Waals surface area contributed by atoms with Crippen LogP contribution in [-0.4, -0.2) is 19.6 Å². The Hall–Kier alpha value is -1.90. The van der Waals surface area contributed by atoms with Crippen molar-refractivity contribution >= 4 is 35.6 Å². The van der Waals surface area contributed by atoms with Crippen molar-refractivity contribution in [3.8, 4) is 5.75 Å². The van der Waals surface area contributed by atoms with Gasteiger partial charge in [-0.05, 0) is 42.7 Å². The molecule has 2 aromatic carbocycles. The predicted octanol–water partition coefficient (Wildman–Crippen LogP) is 4.05. The van der Waals surface area contributed by atoms with Crippen LogP contribution in [0.2, 0.25) is 0 Å². The molecular formula is C18H20F2IN3O. The van der Waals surface area contributed by atoms with E-state index >= 15 is 0 Å². The monoisotopic (exact) mass is 459 g/mol. The average Bonchev–Trinajstić information content (AvgIpc) is 3.38. The van der Waals surface area contributed by atoms with Gasteiger partial charge in [-0.3, -0.25) is 4.99 Å². The zero-order valence-electron chi connectivity index (χ0n) is 13.8.